The summed E-state index contributed by atoms with van der Waals surface area (Å²) in [6.07, 6.45) is 4.48. The topological polar surface area (TPSA) is 108 Å². The fourth-order valence-electron chi connectivity index (χ4n) is 1.35. The van der Waals surface area contributed by atoms with Crippen molar-refractivity contribution in [1.29, 1.82) is 0 Å². The van der Waals surface area contributed by atoms with E-state index in [0.717, 1.165) is 0 Å². The Hall–Kier alpha value is -2.26. The van der Waals surface area contributed by atoms with Crippen molar-refractivity contribution in [2.75, 3.05) is 5.73 Å². The molecule has 8 nitrogen and oxygen atoms in total. The molecule has 3 heterocycles. The number of rotatable bonds is 3. The summed E-state index contributed by atoms with van der Waals surface area (Å²) in [4.78, 5) is 20.2. The first-order chi connectivity index (χ1) is 9.72. The lowest BCUT2D eigenvalue weighted by Crippen LogP contribution is -2.07. The van der Waals surface area contributed by atoms with Crippen molar-refractivity contribution >= 4 is 29.3 Å². The smallest absolute Gasteiger partial charge is 0.257 e. The predicted octanol–water partition coefficient (Wildman–Crippen LogP) is 1.23. The van der Waals surface area contributed by atoms with Gasteiger partial charge in [0.05, 0.1) is 5.02 Å². The normalized spacial score (nSPS) is 10.7. The minimum Gasteiger partial charge on any atom is -0.368 e. The van der Waals surface area contributed by atoms with Gasteiger partial charge in [-0.2, -0.15) is 24.7 Å². The molecule has 0 bridgehead atoms. The summed E-state index contributed by atoms with van der Waals surface area (Å²) in [5.41, 5.74) is 5.67. The van der Waals surface area contributed by atoms with Crippen LogP contribution >= 0.6 is 23.4 Å². The summed E-state index contributed by atoms with van der Waals surface area (Å²) < 4.78 is 1.39. The minimum atomic E-state index is 0.0834. The highest BCUT2D eigenvalue weighted by atomic mass is 35.5. The van der Waals surface area contributed by atoms with Gasteiger partial charge < -0.3 is 5.73 Å². The van der Waals surface area contributed by atoms with Crippen molar-refractivity contribution < 1.29 is 0 Å². The molecular formula is C10H7ClN8S. The molecule has 2 N–H and O–H groups in total. The maximum Gasteiger partial charge on any atom is 0.257 e. The number of nitrogen functional groups attached to an aromatic ring is 1. The number of hydrogen-bond donors (Lipinski definition) is 1. The van der Waals surface area contributed by atoms with E-state index in [0.29, 0.717) is 15.2 Å². The molecule has 0 atom stereocenters. The fourth-order valence-corrected chi connectivity index (χ4v) is 2.31. The molecule has 0 amide bonds. The first kappa shape index (κ1) is 12.8. The van der Waals surface area contributed by atoms with Gasteiger partial charge in [0.15, 0.2) is 0 Å². The third-order valence-electron chi connectivity index (χ3n) is 2.16. The Kier molecular flexibility index (Phi) is 3.44. The van der Waals surface area contributed by atoms with Crippen molar-refractivity contribution in [1.82, 2.24) is 34.7 Å². The van der Waals surface area contributed by atoms with E-state index in [1.165, 1.54) is 29.1 Å². The molecule has 0 unspecified atom stereocenters. The zero-order chi connectivity index (χ0) is 13.9. The van der Waals surface area contributed by atoms with Crippen LogP contribution in [0.3, 0.4) is 0 Å². The minimum absolute atomic E-state index is 0.0834. The highest BCUT2D eigenvalue weighted by molar-refractivity contribution is 7.99. The first-order valence-corrected chi connectivity index (χ1v) is 6.57. The Balaban J connectivity index is 1.97. The number of hydrogen-bond acceptors (Lipinski definition) is 8. The zero-order valence-corrected chi connectivity index (χ0v) is 11.5. The molecule has 3 rings (SSSR count). The highest BCUT2D eigenvalue weighted by Gasteiger charge is 2.11. The standard InChI is InChI=1S/C10H7ClN8S/c11-6-2-1-3-14-7(6)20-10-17-8(12)16-9(18-10)19-5-13-4-15-19/h1-5H,(H2,12,16,17,18). The van der Waals surface area contributed by atoms with Crippen LogP contribution in [-0.2, 0) is 0 Å². The van der Waals surface area contributed by atoms with Gasteiger partial charge in [-0.1, -0.05) is 11.6 Å². The van der Waals surface area contributed by atoms with E-state index >= 15 is 0 Å². The number of halogens is 1. The molecule has 0 aliphatic rings. The van der Waals surface area contributed by atoms with Crippen LogP contribution < -0.4 is 5.73 Å². The summed E-state index contributed by atoms with van der Waals surface area (Å²) in [5, 5.41) is 5.42. The van der Waals surface area contributed by atoms with E-state index in [-0.39, 0.29) is 11.9 Å². The van der Waals surface area contributed by atoms with Crippen molar-refractivity contribution in [3.8, 4) is 5.95 Å². The van der Waals surface area contributed by atoms with Crippen LogP contribution in [0.5, 0.6) is 0 Å². The van der Waals surface area contributed by atoms with Gasteiger partial charge in [0, 0.05) is 6.20 Å². The Morgan fingerprint density at radius 1 is 1.25 bits per heavy atom. The van der Waals surface area contributed by atoms with E-state index in [4.69, 9.17) is 17.3 Å². The highest BCUT2D eigenvalue weighted by Crippen LogP contribution is 2.29. The van der Waals surface area contributed by atoms with Gasteiger partial charge in [0.25, 0.3) is 5.95 Å². The van der Waals surface area contributed by atoms with E-state index in [9.17, 15) is 0 Å². The summed E-state index contributed by atoms with van der Waals surface area (Å²) in [6.45, 7) is 0. The Labute approximate surface area is 122 Å². The Morgan fingerprint density at radius 2 is 2.15 bits per heavy atom. The number of anilines is 1. The van der Waals surface area contributed by atoms with E-state index in [2.05, 4.69) is 30.0 Å². The van der Waals surface area contributed by atoms with E-state index in [1.807, 2.05) is 0 Å². The summed E-state index contributed by atoms with van der Waals surface area (Å²) in [6, 6.07) is 3.48. The second-order valence-corrected chi connectivity index (χ2v) is 4.87. The maximum absolute atomic E-state index is 6.04. The van der Waals surface area contributed by atoms with Crippen molar-refractivity contribution in [2.45, 2.75) is 10.2 Å². The van der Waals surface area contributed by atoms with Gasteiger partial charge in [-0.15, -0.1) is 0 Å². The molecule has 3 aromatic heterocycles. The zero-order valence-electron chi connectivity index (χ0n) is 9.88. The van der Waals surface area contributed by atoms with Gasteiger partial charge >= 0.3 is 0 Å². The van der Waals surface area contributed by atoms with Crippen molar-refractivity contribution in [3.05, 3.63) is 36.0 Å². The molecule has 100 valence electrons. The SMILES string of the molecule is Nc1nc(Sc2ncccc2Cl)nc(-n2cncn2)n1. The molecule has 10 heteroatoms. The second-order valence-electron chi connectivity index (χ2n) is 3.51. The largest absolute Gasteiger partial charge is 0.368 e. The van der Waals surface area contributed by atoms with Crippen LogP contribution in [0.2, 0.25) is 5.02 Å². The quantitative estimate of drug-likeness (QED) is 0.769. The lowest BCUT2D eigenvalue weighted by molar-refractivity contribution is 0.762. The molecule has 0 aromatic carbocycles. The molecular weight excluding hydrogens is 300 g/mol. The molecule has 0 radical (unpaired) electrons. The molecule has 0 saturated carbocycles. The van der Waals surface area contributed by atoms with Crippen molar-refractivity contribution in [3.63, 3.8) is 0 Å². The third kappa shape index (κ3) is 2.68. The van der Waals surface area contributed by atoms with Crippen LogP contribution in [0.1, 0.15) is 0 Å². The average molecular weight is 307 g/mol. The van der Waals surface area contributed by atoms with E-state index < -0.39 is 0 Å². The van der Waals surface area contributed by atoms with Gasteiger partial charge in [-0.3, -0.25) is 0 Å². The molecule has 0 spiro atoms. The van der Waals surface area contributed by atoms with Crippen LogP contribution in [0.4, 0.5) is 5.95 Å². The van der Waals surface area contributed by atoms with Crippen LogP contribution in [0.25, 0.3) is 5.95 Å². The lowest BCUT2D eigenvalue weighted by Gasteiger charge is -2.04. The number of nitrogens with two attached hydrogens (primary N) is 1. The summed E-state index contributed by atoms with van der Waals surface area (Å²) in [5.74, 6) is 0.365. The molecule has 20 heavy (non-hydrogen) atoms. The van der Waals surface area contributed by atoms with Gasteiger partial charge in [-0.05, 0) is 23.9 Å². The maximum atomic E-state index is 6.04. The first-order valence-electron chi connectivity index (χ1n) is 5.37. The van der Waals surface area contributed by atoms with Crippen LogP contribution in [0, 0.1) is 0 Å². The van der Waals surface area contributed by atoms with Gasteiger partial charge in [0.1, 0.15) is 17.7 Å². The third-order valence-corrected chi connectivity index (χ3v) is 3.46. The summed E-state index contributed by atoms with van der Waals surface area (Å²) >= 11 is 7.23. The molecule has 0 aliphatic carbocycles. The predicted molar refractivity (Wildman–Crippen MR) is 72.5 cm³/mol. The number of nitrogens with zero attached hydrogens (tertiary/aromatic N) is 7. The van der Waals surface area contributed by atoms with Gasteiger partial charge in [0.2, 0.25) is 11.1 Å². The number of aromatic nitrogens is 7. The van der Waals surface area contributed by atoms with Crippen LogP contribution in [-0.4, -0.2) is 34.7 Å². The van der Waals surface area contributed by atoms with E-state index in [1.54, 1.807) is 18.3 Å². The van der Waals surface area contributed by atoms with Crippen molar-refractivity contribution in [2.24, 2.45) is 0 Å². The molecule has 0 saturated heterocycles. The summed E-state index contributed by atoms with van der Waals surface area (Å²) in [7, 11) is 0. The Bertz CT molecular complexity index is 732. The lowest BCUT2D eigenvalue weighted by atomic mass is 10.5. The average Bonchev–Trinajstić information content (AvgIpc) is 2.95. The fraction of sp³-hybridized carbons (Fsp3) is 0. The molecule has 0 fully saturated rings. The van der Waals surface area contributed by atoms with Crippen LogP contribution in [0.15, 0.2) is 41.2 Å². The van der Waals surface area contributed by atoms with Gasteiger partial charge in [-0.25, -0.2) is 9.97 Å². The number of pyridine rings is 1. The molecule has 3 aromatic rings. The molecule has 0 aliphatic heterocycles. The monoisotopic (exact) mass is 306 g/mol. The Morgan fingerprint density at radius 3 is 2.90 bits per heavy atom. The second kappa shape index (κ2) is 5.39.